The SMILES string of the molecule is CC1(C)C(N)=N[C@](C)(c2cc(CC(=O)C3CCC3(F)F)cc(F)c2F)CS1(=O)=O. The maximum Gasteiger partial charge on any atom is 0.257 e. The fourth-order valence-electron chi connectivity index (χ4n) is 3.65. The van der Waals surface area contributed by atoms with Crippen molar-refractivity contribution in [2.24, 2.45) is 16.6 Å². The molecule has 1 aliphatic heterocycles. The number of amidine groups is 1. The van der Waals surface area contributed by atoms with E-state index in [-0.39, 0.29) is 29.8 Å². The molecule has 29 heavy (non-hydrogen) atoms. The van der Waals surface area contributed by atoms with Crippen LogP contribution in [-0.4, -0.2) is 36.5 Å². The van der Waals surface area contributed by atoms with Gasteiger partial charge in [-0.15, -0.1) is 0 Å². The number of benzene rings is 1. The Bertz CT molecular complexity index is 1020. The van der Waals surface area contributed by atoms with Crippen LogP contribution in [0.5, 0.6) is 0 Å². The number of hydrogen-bond acceptors (Lipinski definition) is 5. The highest BCUT2D eigenvalue weighted by molar-refractivity contribution is 7.93. The Kier molecular flexibility index (Phi) is 4.88. The van der Waals surface area contributed by atoms with Gasteiger partial charge in [-0.1, -0.05) is 0 Å². The molecule has 1 saturated carbocycles. The molecule has 160 valence electrons. The molecule has 10 heteroatoms. The summed E-state index contributed by atoms with van der Waals surface area (Å²) in [6.45, 7) is 4.04. The lowest BCUT2D eigenvalue weighted by atomic mass is 9.76. The van der Waals surface area contributed by atoms with Crippen molar-refractivity contribution in [2.45, 2.75) is 56.2 Å². The highest BCUT2D eigenvalue weighted by Gasteiger charge is 2.52. The van der Waals surface area contributed by atoms with Crippen LogP contribution in [0.15, 0.2) is 17.1 Å². The second kappa shape index (κ2) is 6.52. The Hall–Kier alpha value is -1.97. The Labute approximate surface area is 166 Å². The van der Waals surface area contributed by atoms with Crippen LogP contribution in [0, 0.1) is 17.6 Å². The summed E-state index contributed by atoms with van der Waals surface area (Å²) in [4.78, 5) is 16.3. The maximum absolute atomic E-state index is 14.6. The number of nitrogens with zero attached hydrogens (tertiary/aromatic N) is 1. The average Bonchev–Trinajstić information content (AvgIpc) is 2.54. The first kappa shape index (κ1) is 21.7. The van der Waals surface area contributed by atoms with E-state index in [9.17, 15) is 30.8 Å². The molecule has 1 aliphatic carbocycles. The lowest BCUT2D eigenvalue weighted by Crippen LogP contribution is -2.55. The maximum atomic E-state index is 14.6. The van der Waals surface area contributed by atoms with Gasteiger partial charge in [-0.2, -0.15) is 0 Å². The monoisotopic (exact) mass is 434 g/mol. The summed E-state index contributed by atoms with van der Waals surface area (Å²) in [6.07, 6.45) is -0.863. The van der Waals surface area contributed by atoms with Crippen molar-refractivity contribution >= 4 is 21.5 Å². The van der Waals surface area contributed by atoms with Crippen LogP contribution < -0.4 is 5.73 Å². The molecule has 2 atom stereocenters. The summed E-state index contributed by atoms with van der Waals surface area (Å²) in [5.74, 6) is -8.81. The third-order valence-corrected chi connectivity index (χ3v) is 8.65. The number of carbonyl (C=O) groups is 1. The molecule has 2 N–H and O–H groups in total. The van der Waals surface area contributed by atoms with Crippen LogP contribution in [0.25, 0.3) is 0 Å². The molecule has 0 bridgehead atoms. The number of sulfone groups is 1. The van der Waals surface area contributed by atoms with Crippen molar-refractivity contribution in [1.29, 1.82) is 0 Å². The zero-order valence-corrected chi connectivity index (χ0v) is 17.0. The number of aliphatic imine (C=N–C) groups is 1. The van der Waals surface area contributed by atoms with Crippen LogP contribution in [0.3, 0.4) is 0 Å². The summed E-state index contributed by atoms with van der Waals surface area (Å²) in [5, 5.41) is 0. The van der Waals surface area contributed by atoms with Gasteiger partial charge in [0, 0.05) is 18.4 Å². The second-order valence-electron chi connectivity index (χ2n) is 8.47. The minimum Gasteiger partial charge on any atom is -0.386 e. The summed E-state index contributed by atoms with van der Waals surface area (Å²) in [6, 6.07) is 1.86. The van der Waals surface area contributed by atoms with Crippen LogP contribution in [-0.2, 0) is 26.6 Å². The summed E-state index contributed by atoms with van der Waals surface area (Å²) in [7, 11) is -3.87. The van der Waals surface area contributed by atoms with Crippen molar-refractivity contribution in [1.82, 2.24) is 0 Å². The van der Waals surface area contributed by atoms with Gasteiger partial charge in [0.1, 0.15) is 21.9 Å². The molecule has 5 nitrogen and oxygen atoms in total. The summed E-state index contributed by atoms with van der Waals surface area (Å²) in [5.41, 5.74) is 3.69. The van der Waals surface area contributed by atoms with Gasteiger partial charge in [0.05, 0.1) is 11.7 Å². The van der Waals surface area contributed by atoms with E-state index in [0.717, 1.165) is 12.1 Å². The van der Waals surface area contributed by atoms with E-state index in [2.05, 4.69) is 4.99 Å². The smallest absolute Gasteiger partial charge is 0.257 e. The quantitative estimate of drug-likeness (QED) is 0.738. The van der Waals surface area contributed by atoms with Crippen molar-refractivity contribution < 1.29 is 30.8 Å². The van der Waals surface area contributed by atoms with E-state index >= 15 is 0 Å². The number of ketones is 1. The number of Topliss-reactive ketones (excluding diaryl/α,β-unsaturated/α-hetero) is 1. The van der Waals surface area contributed by atoms with Crippen molar-refractivity contribution in [3.8, 4) is 0 Å². The van der Waals surface area contributed by atoms with E-state index in [4.69, 9.17) is 5.73 Å². The van der Waals surface area contributed by atoms with E-state index in [0.29, 0.717) is 0 Å². The second-order valence-corrected chi connectivity index (χ2v) is 11.0. The van der Waals surface area contributed by atoms with Gasteiger partial charge in [0.2, 0.25) is 0 Å². The van der Waals surface area contributed by atoms with E-state index < -0.39 is 61.6 Å². The molecule has 0 spiro atoms. The minimum atomic E-state index is -3.87. The van der Waals surface area contributed by atoms with Gasteiger partial charge in [0.15, 0.2) is 21.5 Å². The Balaban J connectivity index is 2.02. The number of halogens is 4. The topological polar surface area (TPSA) is 89.6 Å². The van der Waals surface area contributed by atoms with Crippen molar-refractivity contribution in [3.63, 3.8) is 0 Å². The number of rotatable bonds is 4. The fraction of sp³-hybridized carbons (Fsp3) is 0.579. The van der Waals surface area contributed by atoms with Crippen LogP contribution in [0.1, 0.15) is 44.7 Å². The van der Waals surface area contributed by atoms with E-state index in [1.54, 1.807) is 0 Å². The van der Waals surface area contributed by atoms with Crippen LogP contribution >= 0.6 is 0 Å². The minimum absolute atomic E-state index is 0.0242. The Morgan fingerprint density at radius 1 is 1.24 bits per heavy atom. The molecule has 0 saturated heterocycles. The van der Waals surface area contributed by atoms with Gasteiger partial charge in [-0.25, -0.2) is 26.0 Å². The average molecular weight is 434 g/mol. The van der Waals surface area contributed by atoms with Gasteiger partial charge in [-0.3, -0.25) is 9.79 Å². The molecule has 1 heterocycles. The van der Waals surface area contributed by atoms with Crippen LogP contribution in [0.4, 0.5) is 17.6 Å². The molecule has 0 radical (unpaired) electrons. The lowest BCUT2D eigenvalue weighted by Gasteiger charge is -2.38. The molecule has 1 aromatic rings. The summed E-state index contributed by atoms with van der Waals surface area (Å²) >= 11 is 0. The number of alkyl halides is 2. The number of hydrogen-bond donors (Lipinski definition) is 1. The number of nitrogens with two attached hydrogens (primary N) is 1. The zero-order chi connectivity index (χ0) is 22.0. The normalized spacial score (nSPS) is 29.6. The number of carbonyl (C=O) groups excluding carboxylic acids is 1. The first-order chi connectivity index (χ1) is 13.1. The molecule has 1 fully saturated rings. The Morgan fingerprint density at radius 2 is 1.86 bits per heavy atom. The molecule has 1 aromatic carbocycles. The van der Waals surface area contributed by atoms with Gasteiger partial charge < -0.3 is 5.73 Å². The lowest BCUT2D eigenvalue weighted by molar-refractivity contribution is -0.159. The molecule has 2 aliphatic rings. The van der Waals surface area contributed by atoms with Gasteiger partial charge >= 0.3 is 0 Å². The third kappa shape index (κ3) is 3.45. The first-order valence-electron chi connectivity index (χ1n) is 9.08. The standard InChI is InChI=1S/C19H22F4N2O3S/c1-17(2)16(24)25-18(3,9-29(17,27)28)12-6-10(7-13(20)15(12)21)8-14(26)11-4-5-19(11,22)23/h6-7,11H,4-5,8-9H2,1-3H3,(H2,24,25)/t11?,18-/m0/s1. The predicted octanol–water partition coefficient (Wildman–Crippen LogP) is 2.90. The van der Waals surface area contributed by atoms with Gasteiger partial charge in [0.25, 0.3) is 5.92 Å². The Morgan fingerprint density at radius 3 is 2.34 bits per heavy atom. The molecule has 1 unspecified atom stereocenters. The molecule has 0 amide bonds. The first-order valence-corrected chi connectivity index (χ1v) is 10.7. The molecular weight excluding hydrogens is 412 g/mol. The molecule has 3 rings (SSSR count). The van der Waals surface area contributed by atoms with Gasteiger partial charge in [-0.05, 0) is 44.9 Å². The van der Waals surface area contributed by atoms with Crippen LogP contribution in [0.2, 0.25) is 0 Å². The molecule has 0 aromatic heterocycles. The summed E-state index contributed by atoms with van der Waals surface area (Å²) < 4.78 is 79.6. The zero-order valence-electron chi connectivity index (χ0n) is 16.2. The van der Waals surface area contributed by atoms with E-state index in [1.807, 2.05) is 0 Å². The van der Waals surface area contributed by atoms with Crippen molar-refractivity contribution in [3.05, 3.63) is 34.9 Å². The highest BCUT2D eigenvalue weighted by atomic mass is 32.2. The third-order valence-electron chi connectivity index (χ3n) is 5.94. The fourth-order valence-corrected chi connectivity index (χ4v) is 5.33. The van der Waals surface area contributed by atoms with Crippen molar-refractivity contribution in [2.75, 3.05) is 5.75 Å². The van der Waals surface area contributed by atoms with E-state index in [1.165, 1.54) is 20.8 Å². The largest absolute Gasteiger partial charge is 0.386 e. The highest BCUT2D eigenvalue weighted by Crippen LogP contribution is 2.44. The predicted molar refractivity (Wildman–Crippen MR) is 99.6 cm³/mol. The molecular formula is C19H22F4N2O3S.